The minimum absolute atomic E-state index is 0.120. The summed E-state index contributed by atoms with van der Waals surface area (Å²) < 4.78 is 0. The molecule has 2 N–H and O–H groups in total. The summed E-state index contributed by atoms with van der Waals surface area (Å²) in [6.45, 7) is 5.61. The van der Waals surface area contributed by atoms with Gasteiger partial charge in [0.1, 0.15) is 11.1 Å². The van der Waals surface area contributed by atoms with Gasteiger partial charge in [0.2, 0.25) is 11.8 Å². The van der Waals surface area contributed by atoms with Crippen LogP contribution in [0.1, 0.15) is 42.7 Å². The fraction of sp³-hybridized carbons (Fsp3) is 0.667. The second-order valence-corrected chi connectivity index (χ2v) is 10.7. The second-order valence-electron chi connectivity index (χ2n) is 9.63. The number of hydrogen-bond donors (Lipinski definition) is 2. The Balaban J connectivity index is 1.75. The molecule has 4 amide bonds. The summed E-state index contributed by atoms with van der Waals surface area (Å²) in [4.78, 5) is 44.6. The first kappa shape index (κ1) is 26.1. The molecule has 2 aliphatic rings. The zero-order valence-electron chi connectivity index (χ0n) is 20.8. The lowest BCUT2D eigenvalue weighted by Crippen LogP contribution is -2.55. The van der Waals surface area contributed by atoms with Gasteiger partial charge in [-0.15, -0.1) is 11.3 Å². The van der Waals surface area contributed by atoms with Crippen LogP contribution in [0.2, 0.25) is 0 Å². The number of rotatable bonds is 7. The van der Waals surface area contributed by atoms with Crippen molar-refractivity contribution in [3.05, 3.63) is 16.0 Å². The molecular weight excluding hydrogens is 452 g/mol. The highest BCUT2D eigenvalue weighted by Gasteiger charge is 2.43. The molecule has 1 fully saturated rings. The van der Waals surface area contributed by atoms with Crippen molar-refractivity contribution in [2.75, 3.05) is 52.6 Å². The first-order valence-electron chi connectivity index (χ1n) is 11.9. The van der Waals surface area contributed by atoms with Crippen LogP contribution in [0.25, 0.3) is 0 Å². The van der Waals surface area contributed by atoms with Crippen LogP contribution in [-0.4, -0.2) is 85.9 Å². The number of nitrogens with one attached hydrogen (secondary N) is 2. The number of piperidine rings is 1. The molecule has 2 heterocycles. The Hall–Kier alpha value is -2.48. The molecule has 0 spiro atoms. The van der Waals surface area contributed by atoms with Gasteiger partial charge in [0.25, 0.3) is 0 Å². The number of urea groups is 1. The van der Waals surface area contributed by atoms with E-state index < -0.39 is 0 Å². The number of fused-ring (bicyclic) bond motifs is 2. The van der Waals surface area contributed by atoms with Gasteiger partial charge in [0.05, 0.1) is 11.5 Å². The molecule has 3 atom stereocenters. The van der Waals surface area contributed by atoms with Gasteiger partial charge < -0.3 is 20.4 Å². The van der Waals surface area contributed by atoms with Gasteiger partial charge >= 0.3 is 6.03 Å². The molecule has 3 rings (SSSR count). The second kappa shape index (κ2) is 11.3. The molecule has 1 aromatic rings. The number of likely N-dealkylation sites (N-methyl/N-ethyl adjacent to an activating group) is 2. The Labute approximate surface area is 206 Å². The van der Waals surface area contributed by atoms with Crippen LogP contribution in [0, 0.1) is 23.2 Å². The first-order valence-corrected chi connectivity index (χ1v) is 12.7. The molecule has 10 heteroatoms. The maximum Gasteiger partial charge on any atom is 0.324 e. The molecule has 1 aromatic heterocycles. The van der Waals surface area contributed by atoms with Crippen LogP contribution >= 0.6 is 11.3 Å². The molecule has 0 aromatic carbocycles. The number of anilines is 1. The lowest BCUT2D eigenvalue weighted by atomic mass is 9.74. The van der Waals surface area contributed by atoms with E-state index in [9.17, 15) is 19.6 Å². The number of carbonyl (C=O) groups is 3. The van der Waals surface area contributed by atoms with Gasteiger partial charge in [-0.05, 0) is 58.3 Å². The largest absolute Gasteiger partial charge is 0.336 e. The average Bonchev–Trinajstić information content (AvgIpc) is 3.10. The summed E-state index contributed by atoms with van der Waals surface area (Å²) in [5, 5.41) is 16.0. The van der Waals surface area contributed by atoms with Gasteiger partial charge in [0.15, 0.2) is 0 Å². The number of nitrogens with zero attached hydrogens (tertiary/aromatic N) is 4. The highest BCUT2D eigenvalue weighted by atomic mass is 32.1. The van der Waals surface area contributed by atoms with Gasteiger partial charge in [-0.2, -0.15) is 5.26 Å². The van der Waals surface area contributed by atoms with E-state index >= 15 is 0 Å². The van der Waals surface area contributed by atoms with Gasteiger partial charge in [0, 0.05) is 44.0 Å². The molecule has 186 valence electrons. The smallest absolute Gasteiger partial charge is 0.324 e. The van der Waals surface area contributed by atoms with Crippen LogP contribution in [0.3, 0.4) is 0 Å². The summed E-state index contributed by atoms with van der Waals surface area (Å²) in [6.07, 6.45) is 2.90. The predicted octanol–water partition coefficient (Wildman–Crippen LogP) is 2.12. The third-order valence-electron chi connectivity index (χ3n) is 6.70. The Kier molecular flexibility index (Phi) is 8.68. The Morgan fingerprint density at radius 2 is 1.97 bits per heavy atom. The van der Waals surface area contributed by atoms with Gasteiger partial charge in [-0.3, -0.25) is 14.5 Å². The zero-order chi connectivity index (χ0) is 25.0. The molecule has 1 aliphatic heterocycles. The molecular formula is C24H36N6O3S. The average molecular weight is 489 g/mol. The van der Waals surface area contributed by atoms with Crippen molar-refractivity contribution in [2.45, 2.75) is 45.6 Å². The van der Waals surface area contributed by atoms with Crippen molar-refractivity contribution in [1.82, 2.24) is 20.0 Å². The number of hydrogen-bond acceptors (Lipinski definition) is 7. The summed E-state index contributed by atoms with van der Waals surface area (Å²) in [6, 6.07) is 2.23. The van der Waals surface area contributed by atoms with Crippen molar-refractivity contribution in [2.24, 2.45) is 11.8 Å². The predicted molar refractivity (Wildman–Crippen MR) is 133 cm³/mol. The molecule has 0 bridgehead atoms. The number of nitriles is 1. The van der Waals surface area contributed by atoms with Crippen LogP contribution in [0.5, 0.6) is 0 Å². The Morgan fingerprint density at radius 3 is 2.59 bits per heavy atom. The van der Waals surface area contributed by atoms with E-state index in [1.807, 2.05) is 33.0 Å². The summed E-state index contributed by atoms with van der Waals surface area (Å²) in [5.74, 6) is -0.356. The molecule has 0 radical (unpaired) electrons. The number of imide groups is 1. The Morgan fingerprint density at radius 1 is 1.24 bits per heavy atom. The fourth-order valence-corrected chi connectivity index (χ4v) is 6.38. The number of thiophene rings is 1. The maximum atomic E-state index is 13.5. The van der Waals surface area contributed by atoms with Crippen LogP contribution in [0.15, 0.2) is 0 Å². The van der Waals surface area contributed by atoms with Gasteiger partial charge in [-0.25, -0.2) is 4.79 Å². The van der Waals surface area contributed by atoms with Crippen LogP contribution < -0.4 is 10.6 Å². The van der Waals surface area contributed by atoms with Crippen molar-refractivity contribution < 1.29 is 14.4 Å². The number of amides is 4. The van der Waals surface area contributed by atoms with E-state index in [1.54, 1.807) is 0 Å². The third kappa shape index (κ3) is 5.77. The summed E-state index contributed by atoms with van der Waals surface area (Å²) in [5.41, 5.74) is 1.56. The molecule has 0 saturated carbocycles. The number of carbonyl (C=O) groups excluding carboxylic acids is 3. The maximum absolute atomic E-state index is 13.5. The third-order valence-corrected chi connectivity index (χ3v) is 7.87. The monoisotopic (exact) mass is 488 g/mol. The number of likely N-dealkylation sites (tertiary alicyclic amines) is 1. The van der Waals surface area contributed by atoms with E-state index in [2.05, 4.69) is 21.6 Å². The zero-order valence-corrected chi connectivity index (χ0v) is 21.6. The molecule has 9 nitrogen and oxygen atoms in total. The van der Waals surface area contributed by atoms with Gasteiger partial charge in [-0.1, -0.05) is 6.92 Å². The molecule has 3 unspecified atom stereocenters. The van der Waals surface area contributed by atoms with Crippen molar-refractivity contribution in [1.29, 1.82) is 5.26 Å². The van der Waals surface area contributed by atoms with E-state index in [0.29, 0.717) is 56.0 Å². The van der Waals surface area contributed by atoms with E-state index in [4.69, 9.17) is 0 Å². The van der Waals surface area contributed by atoms with E-state index in [-0.39, 0.29) is 35.7 Å². The highest BCUT2D eigenvalue weighted by molar-refractivity contribution is 7.16. The first-order chi connectivity index (χ1) is 16.2. The van der Waals surface area contributed by atoms with Crippen LogP contribution in [0.4, 0.5) is 9.80 Å². The van der Waals surface area contributed by atoms with Crippen molar-refractivity contribution >= 4 is 34.2 Å². The standard InChI is InChI=1S/C24H36N6O3S/c1-6-8-30(24(33)26-7-9-28(3)4)23(32)17-10-16-11-18-19(13-25)22(27-15(2)31)34-21(18)12-20(16)29(5)14-17/h16-17,20H,6-12,14H2,1-5H3,(H,26,33)(H,27,31). The topological polar surface area (TPSA) is 109 Å². The quantitative estimate of drug-likeness (QED) is 0.609. The fourth-order valence-electron chi connectivity index (χ4n) is 5.11. The minimum atomic E-state index is -0.325. The van der Waals surface area contributed by atoms with Crippen molar-refractivity contribution in [3.8, 4) is 6.07 Å². The van der Waals surface area contributed by atoms with E-state index in [1.165, 1.54) is 23.2 Å². The van der Waals surface area contributed by atoms with Crippen molar-refractivity contribution in [3.63, 3.8) is 0 Å². The van der Waals surface area contributed by atoms with E-state index in [0.717, 1.165) is 16.9 Å². The summed E-state index contributed by atoms with van der Waals surface area (Å²) >= 11 is 1.49. The highest BCUT2D eigenvalue weighted by Crippen LogP contribution is 2.44. The minimum Gasteiger partial charge on any atom is -0.336 e. The lowest BCUT2D eigenvalue weighted by Gasteiger charge is -2.45. The van der Waals surface area contributed by atoms with Crippen LogP contribution in [-0.2, 0) is 22.4 Å². The lowest BCUT2D eigenvalue weighted by molar-refractivity contribution is -0.136. The molecule has 34 heavy (non-hydrogen) atoms. The SMILES string of the molecule is CCCN(C(=O)NCCN(C)C)C(=O)C1CC2Cc3c(sc(NC(C)=O)c3C#N)CC2N(C)C1. The Bertz CT molecular complexity index is 969. The normalized spacial score (nSPS) is 21.9. The summed E-state index contributed by atoms with van der Waals surface area (Å²) in [7, 11) is 5.92. The molecule has 1 aliphatic carbocycles. The molecule has 1 saturated heterocycles.